The Bertz CT molecular complexity index is 957. The Kier molecular flexibility index (Phi) is 3.79. The average Bonchev–Trinajstić information content (AvgIpc) is 3.13. The van der Waals surface area contributed by atoms with Crippen LogP contribution in [0.4, 0.5) is 0 Å². The molecule has 0 nitrogen and oxygen atoms in total. The van der Waals surface area contributed by atoms with Crippen LogP contribution in [-0.4, -0.2) is 0 Å². The second-order valence-electron chi connectivity index (χ2n) is 5.50. The molecule has 0 amide bonds. The highest BCUT2D eigenvalue weighted by Gasteiger charge is 2.03. The third-order valence-corrected chi connectivity index (χ3v) is 4.81. The fraction of sp³-hybridized carbons (Fsp3) is 0. The van der Waals surface area contributed by atoms with E-state index in [-0.39, 0.29) is 0 Å². The molecule has 110 valence electrons. The quantitative estimate of drug-likeness (QED) is 0.393. The lowest BCUT2D eigenvalue weighted by atomic mass is 9.97. The Morgan fingerprint density at radius 2 is 1.57 bits per heavy atom. The topological polar surface area (TPSA) is 0 Å². The van der Waals surface area contributed by atoms with Gasteiger partial charge in [-0.15, -0.1) is 11.3 Å². The monoisotopic (exact) mass is 312 g/mol. The highest BCUT2D eigenvalue weighted by Crippen LogP contribution is 2.29. The molecule has 0 aliphatic carbocycles. The van der Waals surface area contributed by atoms with Crippen molar-refractivity contribution in [2.24, 2.45) is 0 Å². The summed E-state index contributed by atoms with van der Waals surface area (Å²) >= 11 is 1.76. The molecule has 0 saturated heterocycles. The third-order valence-electron chi connectivity index (χ3n) is 3.97. The standard InChI is InChI=1S/C22H16S/c1-2-11-21-18(7-1)8-4-12-22(21)19-9-3-6-17(16-19)13-14-20-10-5-15-23-20/h1-16H/b14-13+. The summed E-state index contributed by atoms with van der Waals surface area (Å²) in [5.74, 6) is 0. The Morgan fingerprint density at radius 1 is 0.696 bits per heavy atom. The van der Waals surface area contributed by atoms with E-state index < -0.39 is 0 Å². The summed E-state index contributed by atoms with van der Waals surface area (Å²) in [7, 11) is 0. The first kappa shape index (κ1) is 14.0. The molecule has 0 atom stereocenters. The van der Waals surface area contributed by atoms with Gasteiger partial charge in [0.05, 0.1) is 0 Å². The van der Waals surface area contributed by atoms with Crippen LogP contribution in [0.3, 0.4) is 0 Å². The van der Waals surface area contributed by atoms with Crippen molar-refractivity contribution in [2.75, 3.05) is 0 Å². The molecule has 4 aromatic rings. The predicted molar refractivity (Wildman–Crippen MR) is 103 cm³/mol. The number of hydrogen-bond donors (Lipinski definition) is 0. The Balaban J connectivity index is 1.76. The minimum atomic E-state index is 1.23. The molecule has 0 unspecified atom stereocenters. The SMILES string of the molecule is C(=C\c1cccs1)/c1cccc(-c2cccc3ccccc23)c1. The van der Waals surface area contributed by atoms with Crippen molar-refractivity contribution in [3.05, 3.63) is 94.7 Å². The summed E-state index contributed by atoms with van der Waals surface area (Å²) in [4.78, 5) is 1.28. The van der Waals surface area contributed by atoms with Crippen LogP contribution < -0.4 is 0 Å². The molecule has 1 aromatic heterocycles. The fourth-order valence-electron chi connectivity index (χ4n) is 2.85. The molecule has 0 aliphatic rings. The number of hydrogen-bond acceptors (Lipinski definition) is 1. The molecule has 0 aliphatic heterocycles. The molecule has 1 heterocycles. The maximum absolute atomic E-state index is 2.26. The van der Waals surface area contributed by atoms with Crippen LogP contribution >= 0.6 is 11.3 Å². The van der Waals surface area contributed by atoms with E-state index in [1.165, 1.54) is 32.3 Å². The number of thiophene rings is 1. The minimum absolute atomic E-state index is 1.23. The van der Waals surface area contributed by atoms with E-state index in [1.54, 1.807) is 11.3 Å². The second-order valence-corrected chi connectivity index (χ2v) is 6.48. The highest BCUT2D eigenvalue weighted by molar-refractivity contribution is 7.10. The lowest BCUT2D eigenvalue weighted by Gasteiger charge is -2.07. The van der Waals surface area contributed by atoms with E-state index in [4.69, 9.17) is 0 Å². The van der Waals surface area contributed by atoms with Crippen molar-refractivity contribution in [2.45, 2.75) is 0 Å². The van der Waals surface area contributed by atoms with E-state index in [9.17, 15) is 0 Å². The highest BCUT2D eigenvalue weighted by atomic mass is 32.1. The lowest BCUT2D eigenvalue weighted by molar-refractivity contribution is 1.62. The van der Waals surface area contributed by atoms with Gasteiger partial charge in [0, 0.05) is 4.88 Å². The van der Waals surface area contributed by atoms with Gasteiger partial charge in [0.2, 0.25) is 0 Å². The molecule has 0 bridgehead atoms. The van der Waals surface area contributed by atoms with Gasteiger partial charge < -0.3 is 0 Å². The molecule has 0 saturated carbocycles. The zero-order valence-electron chi connectivity index (χ0n) is 12.6. The summed E-state index contributed by atoms with van der Waals surface area (Å²) in [6.45, 7) is 0. The van der Waals surface area contributed by atoms with Gasteiger partial charge >= 0.3 is 0 Å². The van der Waals surface area contributed by atoms with Gasteiger partial charge in [0.25, 0.3) is 0 Å². The lowest BCUT2D eigenvalue weighted by Crippen LogP contribution is -1.82. The fourth-order valence-corrected chi connectivity index (χ4v) is 3.47. The van der Waals surface area contributed by atoms with E-state index in [2.05, 4.69) is 96.4 Å². The van der Waals surface area contributed by atoms with Crippen molar-refractivity contribution in [1.29, 1.82) is 0 Å². The van der Waals surface area contributed by atoms with Crippen LogP contribution in [0.2, 0.25) is 0 Å². The summed E-state index contributed by atoms with van der Waals surface area (Å²) in [5.41, 5.74) is 3.77. The van der Waals surface area contributed by atoms with Gasteiger partial charge in [-0.3, -0.25) is 0 Å². The summed E-state index contributed by atoms with van der Waals surface area (Å²) in [5, 5.41) is 4.69. The Labute approximate surface area is 140 Å². The van der Waals surface area contributed by atoms with Crippen LogP contribution in [0.15, 0.2) is 84.2 Å². The van der Waals surface area contributed by atoms with Crippen molar-refractivity contribution in [3.8, 4) is 11.1 Å². The summed E-state index contributed by atoms with van der Waals surface area (Å²) in [6, 6.07) is 28.0. The number of rotatable bonds is 3. The predicted octanol–water partition coefficient (Wildman–Crippen LogP) is 6.74. The third kappa shape index (κ3) is 2.96. The Hall–Kier alpha value is -2.64. The van der Waals surface area contributed by atoms with Crippen LogP contribution in [0.25, 0.3) is 34.1 Å². The van der Waals surface area contributed by atoms with Crippen molar-refractivity contribution in [3.63, 3.8) is 0 Å². The van der Waals surface area contributed by atoms with E-state index in [0.29, 0.717) is 0 Å². The molecule has 23 heavy (non-hydrogen) atoms. The molecule has 4 rings (SSSR count). The minimum Gasteiger partial charge on any atom is -0.144 e. The molecule has 0 fully saturated rings. The molecular weight excluding hydrogens is 296 g/mol. The average molecular weight is 312 g/mol. The van der Waals surface area contributed by atoms with Crippen molar-refractivity contribution >= 4 is 34.3 Å². The maximum Gasteiger partial charge on any atom is 0.0270 e. The molecule has 1 heteroatoms. The van der Waals surface area contributed by atoms with Gasteiger partial charge in [0.15, 0.2) is 0 Å². The molecule has 3 aromatic carbocycles. The molecule has 0 N–H and O–H groups in total. The van der Waals surface area contributed by atoms with Crippen LogP contribution in [-0.2, 0) is 0 Å². The smallest absolute Gasteiger partial charge is 0.0270 e. The van der Waals surface area contributed by atoms with Gasteiger partial charge in [-0.1, -0.05) is 72.8 Å². The van der Waals surface area contributed by atoms with E-state index in [0.717, 1.165) is 0 Å². The van der Waals surface area contributed by atoms with Crippen LogP contribution in [0, 0.1) is 0 Å². The Morgan fingerprint density at radius 3 is 2.48 bits per heavy atom. The normalized spacial score (nSPS) is 11.3. The maximum atomic E-state index is 2.26. The molecule has 0 radical (unpaired) electrons. The van der Waals surface area contributed by atoms with Crippen LogP contribution in [0.1, 0.15) is 10.4 Å². The van der Waals surface area contributed by atoms with Crippen LogP contribution in [0.5, 0.6) is 0 Å². The molecule has 0 spiro atoms. The summed E-state index contributed by atoms with van der Waals surface area (Å²) < 4.78 is 0. The van der Waals surface area contributed by atoms with E-state index >= 15 is 0 Å². The summed E-state index contributed by atoms with van der Waals surface area (Å²) in [6.07, 6.45) is 4.35. The largest absolute Gasteiger partial charge is 0.144 e. The first-order valence-corrected chi connectivity index (χ1v) is 8.58. The zero-order chi connectivity index (χ0) is 15.5. The second kappa shape index (κ2) is 6.23. The van der Waals surface area contributed by atoms with Crippen molar-refractivity contribution < 1.29 is 0 Å². The van der Waals surface area contributed by atoms with E-state index in [1.807, 2.05) is 0 Å². The van der Waals surface area contributed by atoms with Gasteiger partial charge in [0.1, 0.15) is 0 Å². The van der Waals surface area contributed by atoms with Gasteiger partial charge in [-0.25, -0.2) is 0 Å². The van der Waals surface area contributed by atoms with Crippen molar-refractivity contribution in [1.82, 2.24) is 0 Å². The first-order chi connectivity index (χ1) is 11.4. The number of fused-ring (bicyclic) bond motifs is 1. The first-order valence-electron chi connectivity index (χ1n) is 7.70. The number of benzene rings is 3. The van der Waals surface area contributed by atoms with Gasteiger partial charge in [-0.2, -0.15) is 0 Å². The molecular formula is C22H16S. The van der Waals surface area contributed by atoms with Gasteiger partial charge in [-0.05, 0) is 51.1 Å². The zero-order valence-corrected chi connectivity index (χ0v) is 13.5.